The van der Waals surface area contributed by atoms with E-state index in [2.05, 4.69) is 51.8 Å². The van der Waals surface area contributed by atoms with Gasteiger partial charge in [-0.25, -0.2) is 0 Å². The van der Waals surface area contributed by atoms with E-state index in [4.69, 9.17) is 0 Å². The Bertz CT molecular complexity index is 425. The van der Waals surface area contributed by atoms with Gasteiger partial charge in [0.15, 0.2) is 0 Å². The standard InChI is InChI=1S/C18H32BrN3/c1-12(2)21-9-14-6-18(11-21,7-17(14)19)5-13(3)22-10-15-4-16(22)8-20-15/h12-17,20H,4-11H2,1-3H3/t13?,14?,15-,16-,17?,18?/m0/s1. The van der Waals surface area contributed by atoms with Gasteiger partial charge in [0.2, 0.25) is 0 Å². The Balaban J connectivity index is 1.46. The molecule has 126 valence electrons. The summed E-state index contributed by atoms with van der Waals surface area (Å²) in [6.45, 7) is 12.4. The molecule has 3 saturated heterocycles. The van der Waals surface area contributed by atoms with Crippen molar-refractivity contribution in [2.24, 2.45) is 11.3 Å². The number of nitrogens with zero attached hydrogens (tertiary/aromatic N) is 2. The van der Waals surface area contributed by atoms with Crippen LogP contribution in [0.1, 0.15) is 46.5 Å². The second-order valence-electron chi connectivity index (χ2n) is 8.95. The van der Waals surface area contributed by atoms with E-state index in [1.165, 1.54) is 51.9 Å². The molecule has 0 aromatic rings. The maximum absolute atomic E-state index is 4.01. The Kier molecular flexibility index (Phi) is 4.12. The molecule has 1 N–H and O–H groups in total. The van der Waals surface area contributed by atoms with Gasteiger partial charge in [-0.2, -0.15) is 0 Å². The molecule has 0 spiro atoms. The molecule has 4 bridgehead atoms. The highest BCUT2D eigenvalue weighted by atomic mass is 79.9. The third-order valence-corrected chi connectivity index (χ3v) is 8.04. The Morgan fingerprint density at radius 2 is 2.05 bits per heavy atom. The summed E-state index contributed by atoms with van der Waals surface area (Å²) in [5.41, 5.74) is 0.566. The van der Waals surface area contributed by atoms with Crippen LogP contribution in [0.15, 0.2) is 0 Å². The Labute approximate surface area is 144 Å². The van der Waals surface area contributed by atoms with Gasteiger partial charge in [0, 0.05) is 55.2 Å². The van der Waals surface area contributed by atoms with Gasteiger partial charge in [-0.15, -0.1) is 0 Å². The molecular formula is C18H32BrN3. The second kappa shape index (κ2) is 5.72. The van der Waals surface area contributed by atoms with Crippen LogP contribution in [0.25, 0.3) is 0 Å². The number of alkyl halides is 1. The first kappa shape index (κ1) is 15.9. The quantitative estimate of drug-likeness (QED) is 0.768. The van der Waals surface area contributed by atoms with Gasteiger partial charge in [0.25, 0.3) is 0 Å². The zero-order valence-corrected chi connectivity index (χ0v) is 16.0. The number of halogens is 1. The smallest absolute Gasteiger partial charge is 0.0239 e. The molecule has 4 aliphatic rings. The van der Waals surface area contributed by atoms with E-state index in [1.54, 1.807) is 0 Å². The summed E-state index contributed by atoms with van der Waals surface area (Å²) in [7, 11) is 0. The molecule has 1 aliphatic carbocycles. The summed E-state index contributed by atoms with van der Waals surface area (Å²) in [4.78, 5) is 6.32. The van der Waals surface area contributed by atoms with Gasteiger partial charge in [-0.05, 0) is 57.8 Å². The van der Waals surface area contributed by atoms with Crippen LogP contribution in [0.5, 0.6) is 0 Å². The molecule has 3 nitrogen and oxygen atoms in total. The van der Waals surface area contributed by atoms with E-state index < -0.39 is 0 Å². The SMILES string of the molecule is CC(C)N1CC2CC(CC(C)N3C[C@@H]4C[C@H]3CN4)(CC2Br)C1. The highest BCUT2D eigenvalue weighted by Gasteiger charge is 2.51. The van der Waals surface area contributed by atoms with Gasteiger partial charge in [-0.1, -0.05) is 15.9 Å². The first-order valence-corrected chi connectivity index (χ1v) is 10.2. The zero-order valence-electron chi connectivity index (χ0n) is 14.4. The minimum absolute atomic E-state index is 0.566. The fourth-order valence-electron chi connectivity index (χ4n) is 5.95. The molecule has 0 aromatic heterocycles. The van der Waals surface area contributed by atoms with E-state index in [-0.39, 0.29) is 0 Å². The highest BCUT2D eigenvalue weighted by molar-refractivity contribution is 9.09. The first-order chi connectivity index (χ1) is 10.5. The van der Waals surface area contributed by atoms with Crippen molar-refractivity contribution in [1.29, 1.82) is 0 Å². The van der Waals surface area contributed by atoms with Crippen LogP contribution < -0.4 is 5.32 Å². The summed E-state index contributed by atoms with van der Waals surface area (Å²) in [5, 5.41) is 3.65. The minimum Gasteiger partial charge on any atom is -0.311 e. The maximum atomic E-state index is 4.01. The van der Waals surface area contributed by atoms with Crippen molar-refractivity contribution in [2.45, 2.75) is 75.4 Å². The maximum Gasteiger partial charge on any atom is 0.0239 e. The topological polar surface area (TPSA) is 18.5 Å². The first-order valence-electron chi connectivity index (χ1n) is 9.33. The molecule has 4 rings (SSSR count). The van der Waals surface area contributed by atoms with Gasteiger partial charge >= 0.3 is 0 Å². The van der Waals surface area contributed by atoms with Gasteiger partial charge in [-0.3, -0.25) is 4.90 Å². The Morgan fingerprint density at radius 1 is 1.23 bits per heavy atom. The number of nitrogens with one attached hydrogen (secondary N) is 1. The van der Waals surface area contributed by atoms with Crippen molar-refractivity contribution in [3.05, 3.63) is 0 Å². The van der Waals surface area contributed by atoms with Crippen LogP contribution >= 0.6 is 15.9 Å². The lowest BCUT2D eigenvalue weighted by atomic mass is 9.76. The minimum atomic E-state index is 0.566. The summed E-state index contributed by atoms with van der Waals surface area (Å²) >= 11 is 4.01. The molecule has 6 atom stereocenters. The number of hydrogen-bond acceptors (Lipinski definition) is 3. The number of piperazine rings is 1. The lowest BCUT2D eigenvalue weighted by Crippen LogP contribution is -2.51. The Hall–Kier alpha value is 0.360. The van der Waals surface area contributed by atoms with Gasteiger partial charge in [0.05, 0.1) is 0 Å². The second-order valence-corrected chi connectivity index (χ2v) is 10.1. The van der Waals surface area contributed by atoms with Crippen LogP contribution in [0.4, 0.5) is 0 Å². The zero-order chi connectivity index (χ0) is 15.5. The van der Waals surface area contributed by atoms with Crippen LogP contribution in [-0.4, -0.2) is 65.0 Å². The van der Waals surface area contributed by atoms with E-state index >= 15 is 0 Å². The van der Waals surface area contributed by atoms with Gasteiger partial charge < -0.3 is 10.2 Å². The number of hydrogen-bond donors (Lipinski definition) is 1. The van der Waals surface area contributed by atoms with Crippen molar-refractivity contribution in [3.8, 4) is 0 Å². The van der Waals surface area contributed by atoms with Crippen molar-refractivity contribution in [1.82, 2.24) is 15.1 Å². The van der Waals surface area contributed by atoms with Crippen molar-refractivity contribution < 1.29 is 0 Å². The van der Waals surface area contributed by atoms with E-state index in [0.717, 1.165) is 28.9 Å². The fraction of sp³-hybridized carbons (Fsp3) is 1.00. The normalized spacial score (nSPS) is 46.8. The third-order valence-electron chi connectivity index (χ3n) is 6.97. The average molecular weight is 370 g/mol. The lowest BCUT2D eigenvalue weighted by Gasteiger charge is -2.45. The molecule has 4 fully saturated rings. The highest BCUT2D eigenvalue weighted by Crippen LogP contribution is 2.52. The number of rotatable bonds is 4. The molecule has 22 heavy (non-hydrogen) atoms. The average Bonchev–Trinajstić information content (AvgIpc) is 3.13. The van der Waals surface area contributed by atoms with Crippen molar-refractivity contribution >= 4 is 15.9 Å². The molecule has 3 aliphatic heterocycles. The summed E-state index contributed by atoms with van der Waals surface area (Å²) in [6.07, 6.45) is 5.64. The van der Waals surface area contributed by atoms with E-state index in [1.807, 2.05) is 0 Å². The third kappa shape index (κ3) is 2.68. The predicted octanol–water partition coefficient (Wildman–Crippen LogP) is 2.70. The largest absolute Gasteiger partial charge is 0.311 e. The molecule has 0 aromatic carbocycles. The fourth-order valence-corrected chi connectivity index (χ4v) is 6.99. The molecule has 1 saturated carbocycles. The lowest BCUT2D eigenvalue weighted by molar-refractivity contribution is 0.0382. The summed E-state index contributed by atoms with van der Waals surface area (Å²) in [5.74, 6) is 0.875. The molecule has 0 amide bonds. The molecule has 0 radical (unpaired) electrons. The summed E-state index contributed by atoms with van der Waals surface area (Å²) in [6, 6.07) is 3.05. The van der Waals surface area contributed by atoms with Crippen molar-refractivity contribution in [2.75, 3.05) is 26.2 Å². The molecule has 4 unspecified atom stereocenters. The predicted molar refractivity (Wildman–Crippen MR) is 95.6 cm³/mol. The van der Waals surface area contributed by atoms with E-state index in [0.29, 0.717) is 11.5 Å². The van der Waals surface area contributed by atoms with Crippen LogP contribution in [-0.2, 0) is 0 Å². The van der Waals surface area contributed by atoms with Crippen LogP contribution in [0.3, 0.4) is 0 Å². The monoisotopic (exact) mass is 369 g/mol. The number of fused-ring (bicyclic) bond motifs is 4. The van der Waals surface area contributed by atoms with E-state index in [9.17, 15) is 0 Å². The van der Waals surface area contributed by atoms with Crippen LogP contribution in [0, 0.1) is 11.3 Å². The number of likely N-dealkylation sites (tertiary alicyclic amines) is 2. The van der Waals surface area contributed by atoms with Crippen LogP contribution in [0.2, 0.25) is 0 Å². The Morgan fingerprint density at radius 3 is 2.68 bits per heavy atom. The number of piperidine rings is 1. The molecule has 3 heterocycles. The molecule has 4 heteroatoms. The van der Waals surface area contributed by atoms with Crippen molar-refractivity contribution in [3.63, 3.8) is 0 Å². The van der Waals surface area contributed by atoms with Gasteiger partial charge in [0.1, 0.15) is 0 Å². The molecular weight excluding hydrogens is 338 g/mol. The summed E-state index contributed by atoms with van der Waals surface area (Å²) < 4.78 is 0.